The van der Waals surface area contributed by atoms with Gasteiger partial charge in [0.1, 0.15) is 11.9 Å². The number of benzene rings is 2. The van der Waals surface area contributed by atoms with Crippen molar-refractivity contribution in [1.82, 2.24) is 10.9 Å². The number of methoxy groups -OCH3 is 1. The van der Waals surface area contributed by atoms with Crippen LogP contribution in [0.1, 0.15) is 17.9 Å². The molecule has 2 aliphatic heterocycles. The van der Waals surface area contributed by atoms with E-state index in [2.05, 4.69) is 16.2 Å². The summed E-state index contributed by atoms with van der Waals surface area (Å²) in [5.41, 5.74) is 7.77. The summed E-state index contributed by atoms with van der Waals surface area (Å²) in [6, 6.07) is 8.88. The molecule has 148 valence electrons. The van der Waals surface area contributed by atoms with Gasteiger partial charge in [-0.25, -0.2) is 8.78 Å². The van der Waals surface area contributed by atoms with Gasteiger partial charge in [-0.3, -0.25) is 15.6 Å². The monoisotopic (exact) mass is 388 g/mol. The zero-order valence-electron chi connectivity index (χ0n) is 15.5. The molecule has 28 heavy (non-hydrogen) atoms. The summed E-state index contributed by atoms with van der Waals surface area (Å²) in [7, 11) is 1.39. The lowest BCUT2D eigenvalue weighted by molar-refractivity contribution is -0.117. The third kappa shape index (κ3) is 3.53. The maximum Gasteiger partial charge on any atom is 0.249 e. The first-order valence-corrected chi connectivity index (χ1v) is 9.23. The van der Waals surface area contributed by atoms with E-state index in [1.165, 1.54) is 25.3 Å². The van der Waals surface area contributed by atoms with Crippen molar-refractivity contribution >= 4 is 17.3 Å². The van der Waals surface area contributed by atoms with Crippen LogP contribution in [0.4, 0.5) is 20.2 Å². The third-order valence-electron chi connectivity index (χ3n) is 5.25. The van der Waals surface area contributed by atoms with Crippen molar-refractivity contribution in [2.45, 2.75) is 18.4 Å². The van der Waals surface area contributed by atoms with E-state index in [9.17, 15) is 13.6 Å². The van der Waals surface area contributed by atoms with Crippen molar-refractivity contribution in [3.63, 3.8) is 0 Å². The van der Waals surface area contributed by atoms with Gasteiger partial charge in [0, 0.05) is 43.0 Å². The normalized spacial score (nSPS) is 20.0. The minimum atomic E-state index is -0.462. The van der Waals surface area contributed by atoms with Crippen molar-refractivity contribution in [2.75, 3.05) is 37.0 Å². The van der Waals surface area contributed by atoms with Crippen LogP contribution < -0.4 is 25.8 Å². The molecule has 4 rings (SSSR count). The number of hydrogen-bond acceptors (Lipinski definition) is 5. The van der Waals surface area contributed by atoms with Crippen LogP contribution in [0.25, 0.3) is 0 Å². The van der Waals surface area contributed by atoms with Gasteiger partial charge in [0.15, 0.2) is 11.6 Å². The Balaban J connectivity index is 1.47. The molecule has 2 aromatic rings. The minimum Gasteiger partial charge on any atom is -0.494 e. The number of ether oxygens (including phenoxy) is 1. The van der Waals surface area contributed by atoms with Crippen molar-refractivity contribution < 1.29 is 18.3 Å². The molecule has 0 saturated carbocycles. The van der Waals surface area contributed by atoms with Crippen molar-refractivity contribution in [3.8, 4) is 5.75 Å². The van der Waals surface area contributed by atoms with Crippen molar-refractivity contribution in [1.29, 1.82) is 0 Å². The average molecular weight is 388 g/mol. The number of hydrogen-bond donors (Lipinski definition) is 3. The largest absolute Gasteiger partial charge is 0.494 e. The molecule has 0 radical (unpaired) electrons. The molecule has 2 heterocycles. The average Bonchev–Trinajstić information content (AvgIpc) is 3.34. The molecule has 1 unspecified atom stereocenters. The number of rotatable bonds is 5. The van der Waals surface area contributed by atoms with Gasteiger partial charge in [0.25, 0.3) is 0 Å². The number of nitrogens with zero attached hydrogens (tertiary/aromatic N) is 1. The zero-order chi connectivity index (χ0) is 19.7. The Hall–Kier alpha value is -2.71. The molecule has 1 amide bonds. The van der Waals surface area contributed by atoms with Gasteiger partial charge in [0.2, 0.25) is 5.91 Å². The van der Waals surface area contributed by atoms with Gasteiger partial charge in [-0.2, -0.15) is 0 Å². The zero-order valence-corrected chi connectivity index (χ0v) is 15.5. The Morgan fingerprint density at radius 1 is 1.11 bits per heavy atom. The fraction of sp³-hybridized carbons (Fsp3) is 0.350. The molecule has 1 atom stereocenters. The maximum atomic E-state index is 14.6. The molecule has 8 heteroatoms. The van der Waals surface area contributed by atoms with E-state index in [1.807, 2.05) is 0 Å². The number of hydrazine groups is 1. The number of nitrogens with one attached hydrogen (secondary N) is 3. The Kier molecular flexibility index (Phi) is 5.15. The Morgan fingerprint density at radius 3 is 2.61 bits per heavy atom. The molecule has 0 aliphatic carbocycles. The van der Waals surface area contributed by atoms with Crippen molar-refractivity contribution in [3.05, 3.63) is 53.6 Å². The van der Waals surface area contributed by atoms with Crippen LogP contribution in [0.2, 0.25) is 0 Å². The SMILES string of the molecule is COc1cc(NC2CCN(c3ccc(C4CNNC4)c(F)c3)C2=O)ccc1F. The third-order valence-corrected chi connectivity index (χ3v) is 5.25. The molecule has 0 spiro atoms. The fourth-order valence-electron chi connectivity index (χ4n) is 3.72. The minimum absolute atomic E-state index is 0.0752. The predicted molar refractivity (Wildman–Crippen MR) is 102 cm³/mol. The van der Waals surface area contributed by atoms with E-state index in [0.29, 0.717) is 43.0 Å². The van der Waals surface area contributed by atoms with Crippen LogP contribution in [-0.4, -0.2) is 38.7 Å². The van der Waals surface area contributed by atoms with E-state index in [4.69, 9.17) is 4.74 Å². The summed E-state index contributed by atoms with van der Waals surface area (Å²) < 4.78 is 33.1. The van der Waals surface area contributed by atoms with E-state index in [0.717, 1.165) is 0 Å². The lowest BCUT2D eigenvalue weighted by atomic mass is 9.99. The molecular weight excluding hydrogens is 366 g/mol. The molecule has 6 nitrogen and oxygen atoms in total. The number of carbonyl (C=O) groups excluding carboxylic acids is 1. The number of anilines is 2. The lowest BCUT2D eigenvalue weighted by Gasteiger charge is -2.19. The van der Waals surface area contributed by atoms with Crippen LogP contribution in [0.3, 0.4) is 0 Å². The van der Waals surface area contributed by atoms with Gasteiger partial charge in [-0.15, -0.1) is 0 Å². The summed E-state index contributed by atoms with van der Waals surface area (Å²) in [6.07, 6.45) is 0.568. The Morgan fingerprint density at radius 2 is 1.89 bits per heavy atom. The highest BCUT2D eigenvalue weighted by molar-refractivity contribution is 6.01. The highest BCUT2D eigenvalue weighted by atomic mass is 19.1. The van der Waals surface area contributed by atoms with Crippen LogP contribution in [0.5, 0.6) is 5.75 Å². The summed E-state index contributed by atoms with van der Waals surface area (Å²) in [5.74, 6) is -0.720. The van der Waals surface area contributed by atoms with Gasteiger partial charge in [0.05, 0.1) is 7.11 Å². The molecule has 2 aromatic carbocycles. The smallest absolute Gasteiger partial charge is 0.249 e. The van der Waals surface area contributed by atoms with Gasteiger partial charge >= 0.3 is 0 Å². The molecule has 2 saturated heterocycles. The van der Waals surface area contributed by atoms with Crippen LogP contribution >= 0.6 is 0 Å². The maximum absolute atomic E-state index is 14.6. The predicted octanol–water partition coefficient (Wildman–Crippen LogP) is 2.38. The summed E-state index contributed by atoms with van der Waals surface area (Å²) in [5, 5.41) is 3.11. The number of carbonyl (C=O) groups is 1. The highest BCUT2D eigenvalue weighted by Crippen LogP contribution is 2.29. The van der Waals surface area contributed by atoms with Crippen LogP contribution in [0.15, 0.2) is 36.4 Å². The van der Waals surface area contributed by atoms with Crippen LogP contribution in [-0.2, 0) is 4.79 Å². The lowest BCUT2D eigenvalue weighted by Crippen LogP contribution is -2.33. The van der Waals surface area contributed by atoms with E-state index < -0.39 is 11.9 Å². The summed E-state index contributed by atoms with van der Waals surface area (Å²) in [4.78, 5) is 14.4. The first-order chi connectivity index (χ1) is 13.6. The first kappa shape index (κ1) is 18.6. The second kappa shape index (κ2) is 7.73. The summed E-state index contributed by atoms with van der Waals surface area (Å²) >= 11 is 0. The number of amides is 1. The molecule has 3 N–H and O–H groups in total. The first-order valence-electron chi connectivity index (χ1n) is 9.23. The molecule has 2 aliphatic rings. The molecule has 0 bridgehead atoms. The van der Waals surface area contributed by atoms with E-state index >= 15 is 0 Å². The topological polar surface area (TPSA) is 65.6 Å². The quantitative estimate of drug-likeness (QED) is 0.734. The highest BCUT2D eigenvalue weighted by Gasteiger charge is 2.33. The number of halogens is 2. The van der Waals surface area contributed by atoms with Crippen molar-refractivity contribution in [2.24, 2.45) is 0 Å². The second-order valence-electron chi connectivity index (χ2n) is 6.99. The van der Waals surface area contributed by atoms with E-state index in [1.54, 1.807) is 23.1 Å². The molecule has 2 fully saturated rings. The Labute approximate surface area is 161 Å². The molecule has 0 aromatic heterocycles. The van der Waals surface area contributed by atoms with Gasteiger partial charge in [-0.1, -0.05) is 6.07 Å². The summed E-state index contributed by atoms with van der Waals surface area (Å²) in [6.45, 7) is 1.83. The standard InChI is InChI=1S/C20H22F2N4O2/c1-28-19-8-13(2-5-16(19)21)25-18-6-7-26(20(18)27)14-3-4-15(17(22)9-14)12-10-23-24-11-12/h2-5,8-9,12,18,23-25H,6-7,10-11H2,1H3. The van der Waals surface area contributed by atoms with E-state index in [-0.39, 0.29) is 23.4 Å². The van der Waals surface area contributed by atoms with Gasteiger partial charge in [-0.05, 0) is 36.2 Å². The van der Waals surface area contributed by atoms with Gasteiger partial charge < -0.3 is 15.0 Å². The van der Waals surface area contributed by atoms with Crippen LogP contribution in [0, 0.1) is 11.6 Å². The second-order valence-corrected chi connectivity index (χ2v) is 6.99. The fourth-order valence-corrected chi connectivity index (χ4v) is 3.72. The molecular formula is C20H22F2N4O2. The Bertz CT molecular complexity index is 887.